The van der Waals surface area contributed by atoms with E-state index in [0.717, 1.165) is 23.5 Å². The zero-order valence-corrected chi connectivity index (χ0v) is 13.8. The molecule has 2 nitrogen and oxygen atoms in total. The minimum absolute atomic E-state index is 0.636. The van der Waals surface area contributed by atoms with Crippen molar-refractivity contribution in [2.24, 2.45) is 0 Å². The molecule has 0 radical (unpaired) electrons. The van der Waals surface area contributed by atoms with Gasteiger partial charge in [-0.25, -0.2) is 0 Å². The molecule has 106 valence electrons. The minimum Gasteiger partial charge on any atom is -0.493 e. The first kappa shape index (κ1) is 15.2. The van der Waals surface area contributed by atoms with Crippen LogP contribution in [0.3, 0.4) is 0 Å². The normalized spacial score (nSPS) is 10.4. The van der Waals surface area contributed by atoms with Gasteiger partial charge >= 0.3 is 0 Å². The summed E-state index contributed by atoms with van der Waals surface area (Å²) < 4.78 is 11.4. The Bertz CT molecular complexity index is 599. The second-order valence-electron chi connectivity index (χ2n) is 4.29. The molecule has 2 rings (SSSR count). The summed E-state index contributed by atoms with van der Waals surface area (Å²) in [5.74, 6) is 2.15. The van der Waals surface area contributed by atoms with Crippen molar-refractivity contribution in [3.8, 4) is 17.2 Å². The maximum absolute atomic E-state index is 6.18. The molecular weight excluding hydrogens is 340 g/mol. The summed E-state index contributed by atoms with van der Waals surface area (Å²) in [6, 6.07) is 11.6. The van der Waals surface area contributed by atoms with Crippen molar-refractivity contribution in [3.63, 3.8) is 0 Å². The van der Waals surface area contributed by atoms with Gasteiger partial charge in [-0.05, 0) is 36.2 Å². The van der Waals surface area contributed by atoms with Gasteiger partial charge in [0.05, 0.1) is 7.11 Å². The van der Waals surface area contributed by atoms with Crippen molar-refractivity contribution >= 4 is 27.5 Å². The fraction of sp³-hybridized carbons (Fsp3) is 0.250. The third-order valence-electron chi connectivity index (χ3n) is 3.07. The predicted octanol–water partition coefficient (Wildman–Crippen LogP) is 5.60. The standard InChI is InChI=1S/C16H16BrClO2/c1-3-11-7-8-15(16(9-11)19-2)20-14-6-4-5-13(18)12(14)10-17/h4-9H,3,10H2,1-2H3. The van der Waals surface area contributed by atoms with Crippen molar-refractivity contribution in [1.82, 2.24) is 0 Å². The number of methoxy groups -OCH3 is 1. The van der Waals surface area contributed by atoms with Crippen LogP contribution < -0.4 is 9.47 Å². The second-order valence-corrected chi connectivity index (χ2v) is 5.26. The Morgan fingerprint density at radius 1 is 1.10 bits per heavy atom. The lowest BCUT2D eigenvalue weighted by molar-refractivity contribution is 0.377. The zero-order valence-electron chi connectivity index (χ0n) is 11.5. The number of rotatable bonds is 5. The quantitative estimate of drug-likeness (QED) is 0.650. The monoisotopic (exact) mass is 354 g/mol. The van der Waals surface area contributed by atoms with Crippen LogP contribution in [0.2, 0.25) is 5.02 Å². The van der Waals surface area contributed by atoms with Crippen LogP contribution in [-0.4, -0.2) is 7.11 Å². The molecule has 4 heteroatoms. The summed E-state index contributed by atoms with van der Waals surface area (Å²) in [4.78, 5) is 0. The Balaban J connectivity index is 2.37. The van der Waals surface area contributed by atoms with Crippen LogP contribution in [0.5, 0.6) is 17.2 Å². The third-order valence-corrected chi connectivity index (χ3v) is 3.98. The van der Waals surface area contributed by atoms with Gasteiger partial charge in [0.15, 0.2) is 11.5 Å². The van der Waals surface area contributed by atoms with E-state index >= 15 is 0 Å². The van der Waals surface area contributed by atoms with Crippen LogP contribution in [0.25, 0.3) is 0 Å². The van der Waals surface area contributed by atoms with E-state index in [2.05, 4.69) is 22.9 Å². The minimum atomic E-state index is 0.636. The molecular formula is C16H16BrClO2. The Hall–Kier alpha value is -1.19. The first-order valence-corrected chi connectivity index (χ1v) is 7.87. The van der Waals surface area contributed by atoms with Gasteiger partial charge in [0.1, 0.15) is 5.75 Å². The van der Waals surface area contributed by atoms with E-state index in [1.807, 2.05) is 36.4 Å². The predicted molar refractivity (Wildman–Crippen MR) is 86.5 cm³/mol. The highest BCUT2D eigenvalue weighted by molar-refractivity contribution is 9.08. The lowest BCUT2D eigenvalue weighted by atomic mass is 10.1. The molecule has 0 saturated carbocycles. The SMILES string of the molecule is CCc1ccc(Oc2cccc(Cl)c2CBr)c(OC)c1. The maximum atomic E-state index is 6.18. The number of halogens is 2. The first-order valence-electron chi connectivity index (χ1n) is 6.37. The molecule has 20 heavy (non-hydrogen) atoms. The maximum Gasteiger partial charge on any atom is 0.169 e. The van der Waals surface area contributed by atoms with Gasteiger partial charge in [-0.2, -0.15) is 0 Å². The van der Waals surface area contributed by atoms with Crippen LogP contribution in [0.1, 0.15) is 18.1 Å². The fourth-order valence-corrected chi connectivity index (χ4v) is 2.87. The zero-order chi connectivity index (χ0) is 14.5. The van der Waals surface area contributed by atoms with Gasteiger partial charge in [0.25, 0.3) is 0 Å². The molecule has 0 bridgehead atoms. The highest BCUT2D eigenvalue weighted by Gasteiger charge is 2.11. The van der Waals surface area contributed by atoms with E-state index in [0.29, 0.717) is 16.1 Å². The summed E-state index contributed by atoms with van der Waals surface area (Å²) in [6.07, 6.45) is 0.959. The van der Waals surface area contributed by atoms with Crippen LogP contribution in [0.4, 0.5) is 0 Å². The Labute approximate surface area is 132 Å². The van der Waals surface area contributed by atoms with Gasteiger partial charge in [0, 0.05) is 15.9 Å². The molecule has 2 aromatic carbocycles. The number of hydrogen-bond donors (Lipinski definition) is 0. The Morgan fingerprint density at radius 3 is 2.55 bits per heavy atom. The number of aryl methyl sites for hydroxylation is 1. The van der Waals surface area contributed by atoms with E-state index in [9.17, 15) is 0 Å². The first-order chi connectivity index (χ1) is 9.69. The molecule has 0 amide bonds. The van der Waals surface area contributed by atoms with Gasteiger partial charge in [-0.15, -0.1) is 0 Å². The molecule has 0 fully saturated rings. The fourth-order valence-electron chi connectivity index (χ4n) is 1.90. The average molecular weight is 356 g/mol. The molecule has 0 saturated heterocycles. The summed E-state index contributed by atoms with van der Waals surface area (Å²) in [7, 11) is 1.64. The van der Waals surface area contributed by atoms with Gasteiger partial charge in [-0.3, -0.25) is 0 Å². The van der Waals surface area contributed by atoms with Crippen molar-refractivity contribution in [3.05, 3.63) is 52.5 Å². The highest BCUT2D eigenvalue weighted by atomic mass is 79.9. The largest absolute Gasteiger partial charge is 0.493 e. The van der Waals surface area contributed by atoms with Crippen molar-refractivity contribution in [1.29, 1.82) is 0 Å². The number of hydrogen-bond acceptors (Lipinski definition) is 2. The molecule has 0 aromatic heterocycles. The summed E-state index contributed by atoms with van der Waals surface area (Å²) >= 11 is 9.61. The van der Waals surface area contributed by atoms with E-state index < -0.39 is 0 Å². The van der Waals surface area contributed by atoms with E-state index in [-0.39, 0.29) is 0 Å². The summed E-state index contributed by atoms with van der Waals surface area (Å²) in [5.41, 5.74) is 2.14. The van der Waals surface area contributed by atoms with Crippen molar-refractivity contribution in [2.45, 2.75) is 18.7 Å². The van der Waals surface area contributed by atoms with Gasteiger partial charge < -0.3 is 9.47 Å². The molecule has 0 aliphatic carbocycles. The summed E-state index contributed by atoms with van der Waals surface area (Å²) in [6.45, 7) is 2.11. The molecule has 2 aromatic rings. The smallest absolute Gasteiger partial charge is 0.169 e. The van der Waals surface area contributed by atoms with E-state index in [1.165, 1.54) is 5.56 Å². The van der Waals surface area contributed by atoms with Gasteiger partial charge in [0.2, 0.25) is 0 Å². The number of benzene rings is 2. The molecule has 0 aliphatic rings. The lowest BCUT2D eigenvalue weighted by Crippen LogP contribution is -1.94. The lowest BCUT2D eigenvalue weighted by Gasteiger charge is -2.14. The Morgan fingerprint density at radius 2 is 1.90 bits per heavy atom. The molecule has 0 heterocycles. The van der Waals surface area contributed by atoms with Gasteiger partial charge in [-0.1, -0.05) is 46.6 Å². The number of ether oxygens (including phenoxy) is 2. The van der Waals surface area contributed by atoms with Crippen molar-refractivity contribution < 1.29 is 9.47 Å². The van der Waals surface area contributed by atoms with E-state index in [4.69, 9.17) is 21.1 Å². The molecule has 0 spiro atoms. The molecule has 0 unspecified atom stereocenters. The number of alkyl halides is 1. The Kier molecular flexibility index (Phi) is 5.32. The topological polar surface area (TPSA) is 18.5 Å². The van der Waals surface area contributed by atoms with Crippen LogP contribution in [0, 0.1) is 0 Å². The highest BCUT2D eigenvalue weighted by Crippen LogP contribution is 2.36. The second kappa shape index (κ2) is 7.00. The average Bonchev–Trinajstić information content (AvgIpc) is 2.48. The molecule has 0 N–H and O–H groups in total. The van der Waals surface area contributed by atoms with Crippen LogP contribution >= 0.6 is 27.5 Å². The van der Waals surface area contributed by atoms with Crippen LogP contribution in [0.15, 0.2) is 36.4 Å². The molecule has 0 atom stereocenters. The van der Waals surface area contributed by atoms with E-state index in [1.54, 1.807) is 7.11 Å². The third kappa shape index (κ3) is 3.28. The summed E-state index contributed by atoms with van der Waals surface area (Å²) in [5, 5.41) is 1.32. The van der Waals surface area contributed by atoms with Crippen molar-refractivity contribution in [2.75, 3.05) is 7.11 Å². The van der Waals surface area contributed by atoms with Crippen LogP contribution in [-0.2, 0) is 11.8 Å². The molecule has 0 aliphatic heterocycles.